The maximum atomic E-state index is 13.4. The van der Waals surface area contributed by atoms with Crippen LogP contribution in [-0.4, -0.2) is 6.54 Å². The summed E-state index contributed by atoms with van der Waals surface area (Å²) in [7, 11) is 0. The Hall–Kier alpha value is -1.39. The quantitative estimate of drug-likeness (QED) is 0.818. The zero-order chi connectivity index (χ0) is 15.2. The minimum Gasteiger partial charge on any atom is -0.312 e. The van der Waals surface area contributed by atoms with Gasteiger partial charge in [0, 0.05) is 16.3 Å². The smallest absolute Gasteiger partial charge is 0.123 e. The van der Waals surface area contributed by atoms with Crippen LogP contribution in [0.25, 0.3) is 0 Å². The summed E-state index contributed by atoms with van der Waals surface area (Å²) in [6.45, 7) is 5.77. The molecule has 0 fully saturated rings. The lowest BCUT2D eigenvalue weighted by Crippen LogP contribution is -2.19. The summed E-state index contributed by atoms with van der Waals surface area (Å²) >= 11 is 1.52. The fraction of sp³-hybridized carbons (Fsp3) is 0.294. The zero-order valence-corrected chi connectivity index (χ0v) is 13.0. The molecule has 0 unspecified atom stereocenters. The van der Waals surface area contributed by atoms with E-state index < -0.39 is 0 Å². The van der Waals surface area contributed by atoms with Gasteiger partial charge < -0.3 is 5.32 Å². The van der Waals surface area contributed by atoms with E-state index >= 15 is 0 Å². The van der Waals surface area contributed by atoms with Gasteiger partial charge in [-0.05, 0) is 60.5 Å². The summed E-state index contributed by atoms with van der Waals surface area (Å²) in [5.41, 5.74) is 0.921. The van der Waals surface area contributed by atoms with Crippen LogP contribution in [0.2, 0.25) is 0 Å². The van der Waals surface area contributed by atoms with Gasteiger partial charge in [0.15, 0.2) is 0 Å². The van der Waals surface area contributed by atoms with Crippen LogP contribution < -0.4 is 5.32 Å². The Balaban J connectivity index is 2.12. The molecule has 0 aromatic heterocycles. The van der Waals surface area contributed by atoms with Crippen LogP contribution in [0.5, 0.6) is 0 Å². The lowest BCUT2D eigenvalue weighted by molar-refractivity contribution is 0.547. The maximum absolute atomic E-state index is 13.4. The number of hydrogen-bond donors (Lipinski definition) is 1. The molecule has 0 heterocycles. The molecule has 0 aliphatic heterocycles. The first-order valence-corrected chi connectivity index (χ1v) is 7.79. The molecule has 0 spiro atoms. The third kappa shape index (κ3) is 5.14. The van der Waals surface area contributed by atoms with E-state index in [9.17, 15) is 8.78 Å². The molecular weight excluding hydrogens is 288 g/mol. The molecule has 0 aliphatic rings. The van der Waals surface area contributed by atoms with Crippen LogP contribution in [0.1, 0.15) is 19.4 Å². The fourth-order valence-corrected chi connectivity index (χ4v) is 2.84. The van der Waals surface area contributed by atoms with Crippen LogP contribution in [0.4, 0.5) is 8.78 Å². The summed E-state index contributed by atoms with van der Waals surface area (Å²) in [6.07, 6.45) is 0. The van der Waals surface area contributed by atoms with Crippen molar-refractivity contribution >= 4 is 11.8 Å². The molecule has 112 valence electrons. The van der Waals surface area contributed by atoms with Crippen molar-refractivity contribution in [1.82, 2.24) is 5.32 Å². The van der Waals surface area contributed by atoms with E-state index in [0.717, 1.165) is 21.9 Å². The van der Waals surface area contributed by atoms with Crippen LogP contribution in [0, 0.1) is 17.6 Å². The highest BCUT2D eigenvalue weighted by Gasteiger charge is 2.07. The first kappa shape index (κ1) is 16.0. The zero-order valence-electron chi connectivity index (χ0n) is 12.2. The number of halogens is 2. The van der Waals surface area contributed by atoms with Gasteiger partial charge in [-0.1, -0.05) is 25.6 Å². The van der Waals surface area contributed by atoms with Crippen molar-refractivity contribution in [2.45, 2.75) is 30.2 Å². The number of benzene rings is 2. The predicted molar refractivity (Wildman–Crippen MR) is 83.5 cm³/mol. The van der Waals surface area contributed by atoms with E-state index in [2.05, 4.69) is 19.2 Å². The highest BCUT2D eigenvalue weighted by molar-refractivity contribution is 7.99. The van der Waals surface area contributed by atoms with Crippen LogP contribution in [-0.2, 0) is 6.54 Å². The minimum atomic E-state index is -0.253. The molecule has 21 heavy (non-hydrogen) atoms. The molecule has 0 amide bonds. The highest BCUT2D eigenvalue weighted by atomic mass is 32.2. The van der Waals surface area contributed by atoms with Gasteiger partial charge in [0.2, 0.25) is 0 Å². The topological polar surface area (TPSA) is 12.0 Å². The molecule has 0 saturated heterocycles. The van der Waals surface area contributed by atoms with E-state index in [-0.39, 0.29) is 11.6 Å². The van der Waals surface area contributed by atoms with Crippen molar-refractivity contribution in [3.8, 4) is 0 Å². The SMILES string of the molecule is CC(C)CNCc1cc(F)ccc1Sc1ccc(F)cc1. The molecule has 1 nitrogen and oxygen atoms in total. The van der Waals surface area contributed by atoms with E-state index in [1.807, 2.05) is 0 Å². The van der Waals surface area contributed by atoms with Crippen molar-refractivity contribution in [2.24, 2.45) is 5.92 Å². The van der Waals surface area contributed by atoms with Crippen molar-refractivity contribution in [3.63, 3.8) is 0 Å². The van der Waals surface area contributed by atoms with Gasteiger partial charge in [-0.2, -0.15) is 0 Å². The van der Waals surface area contributed by atoms with Crippen molar-refractivity contribution in [3.05, 3.63) is 59.7 Å². The average Bonchev–Trinajstić information content (AvgIpc) is 2.43. The first-order valence-electron chi connectivity index (χ1n) is 6.97. The molecule has 2 rings (SSSR count). The van der Waals surface area contributed by atoms with Gasteiger partial charge in [-0.25, -0.2) is 8.78 Å². The fourth-order valence-electron chi connectivity index (χ4n) is 1.91. The summed E-state index contributed by atoms with van der Waals surface area (Å²) in [5, 5.41) is 3.32. The molecule has 1 N–H and O–H groups in total. The van der Waals surface area contributed by atoms with E-state index in [4.69, 9.17) is 0 Å². The second kappa shape index (κ2) is 7.57. The molecule has 0 radical (unpaired) electrons. The molecule has 0 bridgehead atoms. The van der Waals surface area contributed by atoms with Crippen molar-refractivity contribution in [1.29, 1.82) is 0 Å². The molecule has 0 saturated carbocycles. The maximum Gasteiger partial charge on any atom is 0.123 e. The van der Waals surface area contributed by atoms with Crippen LogP contribution in [0.3, 0.4) is 0 Å². The van der Waals surface area contributed by atoms with E-state index in [1.54, 1.807) is 24.3 Å². The monoisotopic (exact) mass is 307 g/mol. The van der Waals surface area contributed by atoms with Crippen LogP contribution >= 0.6 is 11.8 Å². The summed E-state index contributed by atoms with van der Waals surface area (Å²) in [4.78, 5) is 1.92. The molecule has 0 aliphatic carbocycles. The number of nitrogens with one attached hydrogen (secondary N) is 1. The Bertz CT molecular complexity index is 582. The van der Waals surface area contributed by atoms with Gasteiger partial charge in [0.05, 0.1) is 0 Å². The summed E-state index contributed by atoms with van der Waals surface area (Å²) < 4.78 is 26.4. The Morgan fingerprint density at radius 3 is 2.33 bits per heavy atom. The van der Waals surface area contributed by atoms with Crippen LogP contribution in [0.15, 0.2) is 52.3 Å². The second-order valence-corrected chi connectivity index (χ2v) is 6.45. The molecule has 2 aromatic carbocycles. The number of hydrogen-bond acceptors (Lipinski definition) is 2. The lowest BCUT2D eigenvalue weighted by atomic mass is 10.2. The molecular formula is C17H19F2NS. The lowest BCUT2D eigenvalue weighted by Gasteiger charge is -2.12. The van der Waals surface area contributed by atoms with Crippen molar-refractivity contribution in [2.75, 3.05) is 6.54 Å². The Morgan fingerprint density at radius 1 is 1.00 bits per heavy atom. The average molecular weight is 307 g/mol. The number of rotatable bonds is 6. The Kier molecular flexibility index (Phi) is 5.76. The van der Waals surface area contributed by atoms with Gasteiger partial charge >= 0.3 is 0 Å². The summed E-state index contributed by atoms with van der Waals surface area (Å²) in [6, 6.07) is 11.1. The predicted octanol–water partition coefficient (Wildman–Crippen LogP) is 4.86. The molecule has 4 heteroatoms. The van der Waals surface area contributed by atoms with Gasteiger partial charge in [0.1, 0.15) is 11.6 Å². The molecule has 2 aromatic rings. The third-order valence-electron chi connectivity index (χ3n) is 2.93. The van der Waals surface area contributed by atoms with E-state index in [0.29, 0.717) is 12.5 Å². The third-order valence-corrected chi connectivity index (χ3v) is 4.06. The molecule has 0 atom stereocenters. The standard InChI is InChI=1S/C17H19F2NS/c1-12(2)10-20-11-13-9-15(19)5-8-17(13)21-16-6-3-14(18)4-7-16/h3-9,12,20H,10-11H2,1-2H3. The Morgan fingerprint density at radius 2 is 1.67 bits per heavy atom. The van der Waals surface area contributed by atoms with Gasteiger partial charge in [-0.15, -0.1) is 0 Å². The Labute approximate surface area is 128 Å². The largest absolute Gasteiger partial charge is 0.312 e. The highest BCUT2D eigenvalue weighted by Crippen LogP contribution is 2.31. The second-order valence-electron chi connectivity index (χ2n) is 5.33. The normalized spacial score (nSPS) is 11.1. The van der Waals surface area contributed by atoms with Gasteiger partial charge in [-0.3, -0.25) is 0 Å². The van der Waals surface area contributed by atoms with Gasteiger partial charge in [0.25, 0.3) is 0 Å². The summed E-state index contributed by atoms with van der Waals surface area (Å²) in [5.74, 6) is 0.0591. The minimum absolute atomic E-state index is 0.236. The first-order chi connectivity index (χ1) is 10.0. The van der Waals surface area contributed by atoms with Crippen molar-refractivity contribution < 1.29 is 8.78 Å². The van der Waals surface area contributed by atoms with E-state index in [1.165, 1.54) is 30.0 Å².